The van der Waals surface area contributed by atoms with E-state index in [-0.39, 0.29) is 5.60 Å². The third-order valence-electron chi connectivity index (χ3n) is 3.36. The van der Waals surface area contributed by atoms with Crippen molar-refractivity contribution < 1.29 is 4.74 Å². The average molecular weight is 265 g/mol. The summed E-state index contributed by atoms with van der Waals surface area (Å²) in [5.41, 5.74) is 3.61. The molecular weight excluding hydrogens is 244 g/mol. The first kappa shape index (κ1) is 13.5. The fourth-order valence-corrected chi connectivity index (χ4v) is 2.70. The number of hydrogen-bond acceptors (Lipinski definition) is 1. The van der Waals surface area contributed by atoms with Gasteiger partial charge in [-0.2, -0.15) is 0 Å². The van der Waals surface area contributed by atoms with E-state index in [0.29, 0.717) is 11.8 Å². The molecule has 2 rings (SSSR count). The number of benzene rings is 1. The van der Waals surface area contributed by atoms with E-state index in [4.69, 9.17) is 16.3 Å². The van der Waals surface area contributed by atoms with Gasteiger partial charge in [-0.1, -0.05) is 43.7 Å². The first-order valence-electron chi connectivity index (χ1n) is 6.50. The molecule has 0 spiro atoms. The van der Waals surface area contributed by atoms with Crippen LogP contribution < -0.4 is 4.74 Å². The highest BCUT2D eigenvalue weighted by molar-refractivity contribution is 6.19. The van der Waals surface area contributed by atoms with Crippen molar-refractivity contribution in [1.82, 2.24) is 0 Å². The number of hydrogen-bond donors (Lipinski definition) is 0. The predicted octanol–water partition coefficient (Wildman–Crippen LogP) is 4.68. The summed E-state index contributed by atoms with van der Waals surface area (Å²) in [5, 5.41) is 0. The molecule has 1 heterocycles. The molecule has 0 aliphatic carbocycles. The van der Waals surface area contributed by atoms with E-state index in [2.05, 4.69) is 52.0 Å². The highest BCUT2D eigenvalue weighted by Gasteiger charge is 2.31. The van der Waals surface area contributed by atoms with Gasteiger partial charge in [0.05, 0.1) is 0 Å². The molecule has 0 amide bonds. The fourth-order valence-electron chi connectivity index (χ4n) is 2.31. The Kier molecular flexibility index (Phi) is 3.72. The average Bonchev–Trinajstić information content (AvgIpc) is 2.60. The molecule has 0 bridgehead atoms. The first-order chi connectivity index (χ1) is 8.43. The second kappa shape index (κ2) is 4.97. The van der Waals surface area contributed by atoms with Crippen LogP contribution in [0, 0.1) is 5.92 Å². The highest BCUT2D eigenvalue weighted by atomic mass is 35.5. The van der Waals surface area contributed by atoms with Gasteiger partial charge < -0.3 is 4.74 Å². The highest BCUT2D eigenvalue weighted by Crippen LogP contribution is 2.38. The number of ether oxygens (including phenoxy) is 1. The third kappa shape index (κ3) is 2.72. The Morgan fingerprint density at radius 2 is 2.17 bits per heavy atom. The molecule has 0 fully saturated rings. The van der Waals surface area contributed by atoms with Crippen LogP contribution in [0.3, 0.4) is 0 Å². The molecular formula is C16H21ClO. The molecule has 18 heavy (non-hydrogen) atoms. The molecule has 1 nitrogen and oxygen atoms in total. The lowest BCUT2D eigenvalue weighted by Crippen LogP contribution is -2.24. The van der Waals surface area contributed by atoms with Gasteiger partial charge in [0.25, 0.3) is 0 Å². The zero-order valence-corrected chi connectivity index (χ0v) is 12.3. The van der Waals surface area contributed by atoms with E-state index in [1.54, 1.807) is 0 Å². The SMILES string of the molecule is CC(C)C(=Cc1cccc2c1OC(C)(C)C2)CCl. The number of rotatable bonds is 3. The molecule has 0 radical (unpaired) electrons. The monoisotopic (exact) mass is 264 g/mol. The van der Waals surface area contributed by atoms with Gasteiger partial charge in [-0.15, -0.1) is 11.6 Å². The number of halogens is 1. The van der Waals surface area contributed by atoms with Crippen molar-refractivity contribution in [2.45, 2.75) is 39.7 Å². The Hall–Kier alpha value is -0.950. The largest absolute Gasteiger partial charge is 0.487 e. The Morgan fingerprint density at radius 3 is 2.78 bits per heavy atom. The van der Waals surface area contributed by atoms with Crippen molar-refractivity contribution in [1.29, 1.82) is 0 Å². The van der Waals surface area contributed by atoms with Crippen molar-refractivity contribution in [2.75, 3.05) is 5.88 Å². The topological polar surface area (TPSA) is 9.23 Å². The minimum Gasteiger partial charge on any atom is -0.487 e. The fraction of sp³-hybridized carbons (Fsp3) is 0.500. The Bertz CT molecular complexity index is 472. The molecule has 0 unspecified atom stereocenters. The van der Waals surface area contributed by atoms with Crippen LogP contribution in [-0.4, -0.2) is 11.5 Å². The lowest BCUT2D eigenvalue weighted by atomic mass is 9.98. The molecule has 0 N–H and O–H groups in total. The van der Waals surface area contributed by atoms with E-state index >= 15 is 0 Å². The maximum atomic E-state index is 6.06. The summed E-state index contributed by atoms with van der Waals surface area (Å²) >= 11 is 6.01. The number of alkyl halides is 1. The van der Waals surface area contributed by atoms with Crippen LogP contribution in [0.4, 0.5) is 0 Å². The van der Waals surface area contributed by atoms with Gasteiger partial charge in [0.15, 0.2) is 0 Å². The Labute approximate surface area is 115 Å². The van der Waals surface area contributed by atoms with E-state index in [9.17, 15) is 0 Å². The molecule has 1 aromatic carbocycles. The van der Waals surface area contributed by atoms with Crippen molar-refractivity contribution in [3.8, 4) is 5.75 Å². The van der Waals surface area contributed by atoms with Crippen LogP contribution >= 0.6 is 11.6 Å². The van der Waals surface area contributed by atoms with Crippen LogP contribution in [0.5, 0.6) is 5.75 Å². The van der Waals surface area contributed by atoms with Gasteiger partial charge in [0.2, 0.25) is 0 Å². The van der Waals surface area contributed by atoms with Crippen LogP contribution in [0.1, 0.15) is 38.8 Å². The molecule has 0 saturated heterocycles. The van der Waals surface area contributed by atoms with Gasteiger partial charge in [0, 0.05) is 17.9 Å². The van der Waals surface area contributed by atoms with E-state index in [1.165, 1.54) is 11.1 Å². The summed E-state index contributed by atoms with van der Waals surface area (Å²) < 4.78 is 6.06. The predicted molar refractivity (Wildman–Crippen MR) is 78.4 cm³/mol. The van der Waals surface area contributed by atoms with Crippen LogP contribution in [-0.2, 0) is 6.42 Å². The van der Waals surface area contributed by atoms with Crippen molar-refractivity contribution in [3.05, 3.63) is 34.9 Å². The smallest absolute Gasteiger partial charge is 0.130 e. The van der Waals surface area contributed by atoms with Gasteiger partial charge in [-0.05, 0) is 25.3 Å². The maximum Gasteiger partial charge on any atom is 0.130 e. The van der Waals surface area contributed by atoms with E-state index in [0.717, 1.165) is 17.7 Å². The first-order valence-corrected chi connectivity index (χ1v) is 7.04. The molecule has 0 aromatic heterocycles. The lowest BCUT2D eigenvalue weighted by molar-refractivity contribution is 0.138. The normalized spacial score (nSPS) is 17.8. The number of para-hydroxylation sites is 1. The number of fused-ring (bicyclic) bond motifs is 1. The maximum absolute atomic E-state index is 6.06. The molecule has 1 aromatic rings. The second-order valence-corrected chi connectivity index (χ2v) is 6.15. The van der Waals surface area contributed by atoms with Gasteiger partial charge in [0.1, 0.15) is 11.4 Å². The van der Waals surface area contributed by atoms with Crippen molar-refractivity contribution in [3.63, 3.8) is 0 Å². The van der Waals surface area contributed by atoms with Crippen LogP contribution in [0.25, 0.3) is 6.08 Å². The van der Waals surface area contributed by atoms with Gasteiger partial charge in [-0.25, -0.2) is 0 Å². The lowest BCUT2D eigenvalue weighted by Gasteiger charge is -2.18. The van der Waals surface area contributed by atoms with Crippen molar-refractivity contribution >= 4 is 17.7 Å². The molecule has 0 saturated carbocycles. The summed E-state index contributed by atoms with van der Waals surface area (Å²) in [6.45, 7) is 8.60. The summed E-state index contributed by atoms with van der Waals surface area (Å²) in [6, 6.07) is 6.36. The van der Waals surface area contributed by atoms with Crippen LogP contribution in [0.2, 0.25) is 0 Å². The standard InChI is InChI=1S/C16H21ClO/c1-11(2)14(10-17)8-12-6-5-7-13-9-16(3,4)18-15(12)13/h5-8,11H,9-10H2,1-4H3. The number of allylic oxidation sites excluding steroid dienone is 1. The molecule has 0 atom stereocenters. The molecule has 1 aliphatic heterocycles. The quantitative estimate of drug-likeness (QED) is 0.721. The molecule has 2 heteroatoms. The van der Waals surface area contributed by atoms with Gasteiger partial charge in [-0.3, -0.25) is 0 Å². The van der Waals surface area contributed by atoms with Gasteiger partial charge >= 0.3 is 0 Å². The van der Waals surface area contributed by atoms with E-state index in [1.807, 2.05) is 0 Å². The summed E-state index contributed by atoms with van der Waals surface area (Å²) in [4.78, 5) is 0. The summed E-state index contributed by atoms with van der Waals surface area (Å²) in [7, 11) is 0. The zero-order chi connectivity index (χ0) is 13.3. The minimum atomic E-state index is -0.0920. The third-order valence-corrected chi connectivity index (χ3v) is 3.67. The summed E-state index contributed by atoms with van der Waals surface area (Å²) in [5.74, 6) is 2.07. The minimum absolute atomic E-state index is 0.0920. The Morgan fingerprint density at radius 1 is 1.44 bits per heavy atom. The second-order valence-electron chi connectivity index (χ2n) is 5.88. The Balaban J connectivity index is 2.41. The summed E-state index contributed by atoms with van der Waals surface area (Å²) in [6.07, 6.45) is 3.15. The zero-order valence-electron chi connectivity index (χ0n) is 11.6. The molecule has 1 aliphatic rings. The van der Waals surface area contributed by atoms with Crippen LogP contribution in [0.15, 0.2) is 23.8 Å². The van der Waals surface area contributed by atoms with E-state index < -0.39 is 0 Å². The van der Waals surface area contributed by atoms with Crippen molar-refractivity contribution in [2.24, 2.45) is 5.92 Å². The molecule has 98 valence electrons.